The molecule has 40 heavy (non-hydrogen) atoms. The first kappa shape index (κ1) is 27.3. The highest BCUT2D eigenvalue weighted by molar-refractivity contribution is 6.24. The highest BCUT2D eigenvalue weighted by Crippen LogP contribution is 2.56. The van der Waals surface area contributed by atoms with Crippen molar-refractivity contribution in [3.8, 4) is 16.9 Å². The van der Waals surface area contributed by atoms with E-state index in [1.807, 2.05) is 0 Å². The number of aliphatic hydroxyl groups is 4. The van der Waals surface area contributed by atoms with Crippen LogP contribution in [0.4, 0.5) is 0 Å². The lowest BCUT2D eigenvalue weighted by Crippen LogP contribution is -2.70. The molecule has 10 heteroatoms. The molecule has 0 radical (unpaired) electrons. The maximum absolute atomic E-state index is 14.1. The summed E-state index contributed by atoms with van der Waals surface area (Å²) in [7, 11) is 2.93. The number of hydrogen-bond donors (Lipinski definition) is 6. The summed E-state index contributed by atoms with van der Waals surface area (Å²) in [6, 6.07) is 9.07. The Morgan fingerprint density at radius 3 is 2.25 bits per heavy atom. The van der Waals surface area contributed by atoms with E-state index in [0.29, 0.717) is 16.7 Å². The van der Waals surface area contributed by atoms with Crippen LogP contribution in [0.5, 0.6) is 5.75 Å². The number of nitrogens with zero attached hydrogens (tertiary/aromatic N) is 1. The summed E-state index contributed by atoms with van der Waals surface area (Å²) >= 11 is 0. The van der Waals surface area contributed by atoms with Crippen LogP contribution in [0, 0.1) is 11.8 Å². The van der Waals surface area contributed by atoms with Gasteiger partial charge in [-0.05, 0) is 36.7 Å². The lowest BCUT2D eigenvalue weighted by Gasteiger charge is -2.53. The zero-order chi connectivity index (χ0) is 29.4. The molecule has 3 aliphatic rings. The van der Waals surface area contributed by atoms with E-state index >= 15 is 0 Å². The number of rotatable bonds is 4. The van der Waals surface area contributed by atoms with Gasteiger partial charge in [-0.15, -0.1) is 0 Å². The van der Waals surface area contributed by atoms with E-state index in [-0.39, 0.29) is 11.3 Å². The molecule has 0 aliphatic heterocycles. The average Bonchev–Trinajstić information content (AvgIpc) is 2.90. The number of primary amides is 1. The molecule has 7 N–H and O–H groups in total. The van der Waals surface area contributed by atoms with Crippen LogP contribution in [0.2, 0.25) is 0 Å². The number of phenols is 1. The molecular weight excluding hydrogens is 516 g/mol. The van der Waals surface area contributed by atoms with Crippen molar-refractivity contribution in [2.75, 3.05) is 14.1 Å². The Hall–Kier alpha value is -4.25. The van der Waals surface area contributed by atoms with Gasteiger partial charge >= 0.3 is 0 Å². The van der Waals surface area contributed by atoms with Crippen LogP contribution in [0.25, 0.3) is 23.0 Å². The van der Waals surface area contributed by atoms with Crippen LogP contribution in [0.15, 0.2) is 59.9 Å². The van der Waals surface area contributed by atoms with Gasteiger partial charge in [0.25, 0.3) is 5.91 Å². The van der Waals surface area contributed by atoms with E-state index < -0.39 is 75.6 Å². The predicted molar refractivity (Wildman–Crippen MR) is 146 cm³/mol. The second kappa shape index (κ2) is 9.16. The molecule has 0 spiro atoms. The Bertz CT molecular complexity index is 1550. The van der Waals surface area contributed by atoms with Crippen molar-refractivity contribution in [3.63, 3.8) is 0 Å². The number of ketones is 2. The van der Waals surface area contributed by atoms with E-state index in [2.05, 4.69) is 6.58 Å². The molecule has 10 nitrogen and oxygen atoms in total. The minimum absolute atomic E-state index is 0.0544. The zero-order valence-electron chi connectivity index (χ0n) is 22.1. The molecule has 0 aromatic heterocycles. The summed E-state index contributed by atoms with van der Waals surface area (Å²) in [5, 5.41) is 57.2. The third-order valence-electron chi connectivity index (χ3n) is 8.59. The van der Waals surface area contributed by atoms with Crippen molar-refractivity contribution in [1.82, 2.24) is 4.90 Å². The maximum Gasteiger partial charge on any atom is 0.255 e. The Morgan fingerprint density at radius 1 is 1.07 bits per heavy atom. The van der Waals surface area contributed by atoms with Crippen molar-refractivity contribution in [1.29, 1.82) is 0 Å². The van der Waals surface area contributed by atoms with E-state index in [4.69, 9.17) is 5.73 Å². The predicted octanol–water partition coefficient (Wildman–Crippen LogP) is 1.81. The van der Waals surface area contributed by atoms with Gasteiger partial charge in [0.1, 0.15) is 22.8 Å². The Labute approximate surface area is 230 Å². The van der Waals surface area contributed by atoms with Crippen LogP contribution in [0.1, 0.15) is 29.5 Å². The summed E-state index contributed by atoms with van der Waals surface area (Å²) < 4.78 is 0. The second-order valence-electron chi connectivity index (χ2n) is 10.8. The smallest absolute Gasteiger partial charge is 0.255 e. The van der Waals surface area contributed by atoms with Gasteiger partial charge in [-0.25, -0.2) is 0 Å². The number of Topliss-reactive ketones (excluding diaryl/α,β-unsaturated/α-hetero) is 2. The van der Waals surface area contributed by atoms with Gasteiger partial charge in [-0.3, -0.25) is 19.3 Å². The second-order valence-corrected chi connectivity index (χ2v) is 10.8. The molecule has 208 valence electrons. The van der Waals surface area contributed by atoms with Gasteiger partial charge in [-0.2, -0.15) is 0 Å². The van der Waals surface area contributed by atoms with Gasteiger partial charge in [0.15, 0.2) is 11.4 Å². The third kappa shape index (κ3) is 3.43. The van der Waals surface area contributed by atoms with Gasteiger partial charge < -0.3 is 31.3 Å². The van der Waals surface area contributed by atoms with Crippen LogP contribution >= 0.6 is 0 Å². The molecule has 1 fully saturated rings. The number of carbonyl (C=O) groups excluding carboxylic acids is 3. The number of nitrogens with two attached hydrogens (primary N) is 1. The molecule has 1 amide bonds. The number of likely N-dealkylation sites (N-methyl/N-ethyl adjacent to an activating group) is 1. The topological polar surface area (TPSA) is 182 Å². The van der Waals surface area contributed by atoms with Crippen molar-refractivity contribution < 1.29 is 39.9 Å². The molecule has 0 saturated heterocycles. The molecular formula is C30H30N2O8. The standard InChI is InChI=1S/C30H30N2O8/c1-5-13-6-8-14(9-7-13)16-11-10-15-12(2)17-19(24(34)18(15)23(16)33)27(37)30(40)21(25(17)35)22(32(3)4)26(36)20(28(30)38)29(31)39/h5-12,17,21-22,25,33-35,38,40H,1H2,2-4H3,(H2,31,39)/t12-,17-,21+,22+,25-,30+/m1/s1. The van der Waals surface area contributed by atoms with Gasteiger partial charge in [0.05, 0.1) is 23.6 Å². The molecule has 0 heterocycles. The van der Waals surface area contributed by atoms with Gasteiger partial charge in [0, 0.05) is 17.1 Å². The van der Waals surface area contributed by atoms with Crippen molar-refractivity contribution in [3.05, 3.63) is 76.6 Å². The van der Waals surface area contributed by atoms with Crippen LogP contribution in [0.3, 0.4) is 0 Å². The van der Waals surface area contributed by atoms with Crippen LogP contribution in [-0.2, 0) is 14.4 Å². The minimum atomic E-state index is -2.95. The fourth-order valence-corrected chi connectivity index (χ4v) is 6.65. The highest BCUT2D eigenvalue weighted by atomic mass is 16.4. The fraction of sp³-hybridized carbons (Fsp3) is 0.300. The van der Waals surface area contributed by atoms with E-state index in [0.717, 1.165) is 5.56 Å². The molecule has 3 aliphatic carbocycles. The lowest BCUT2D eigenvalue weighted by molar-refractivity contribution is -0.169. The lowest BCUT2D eigenvalue weighted by atomic mass is 9.54. The number of hydrogen-bond acceptors (Lipinski definition) is 9. The molecule has 6 atom stereocenters. The zero-order valence-corrected chi connectivity index (χ0v) is 22.1. The highest BCUT2D eigenvalue weighted by Gasteiger charge is 2.68. The SMILES string of the molecule is C=Cc1ccc(-c2ccc3c(c2O)C(O)=C2C(=O)[C@]4(O)C(O)=C(C(N)=O)C(=O)[C@@H](N(C)C)[C@H]4[C@H](O)[C@@H]2[C@@H]3C)cc1. The maximum atomic E-state index is 14.1. The van der Waals surface area contributed by atoms with E-state index in [1.54, 1.807) is 49.4 Å². The van der Waals surface area contributed by atoms with E-state index in [9.17, 15) is 39.9 Å². The summed E-state index contributed by atoms with van der Waals surface area (Å²) in [4.78, 5) is 40.8. The van der Waals surface area contributed by atoms with Gasteiger partial charge in [-0.1, -0.05) is 56.0 Å². The molecule has 0 bridgehead atoms. The first-order valence-corrected chi connectivity index (χ1v) is 12.7. The minimum Gasteiger partial charge on any atom is -0.508 e. The average molecular weight is 547 g/mol. The number of fused-ring (bicyclic) bond motifs is 3. The number of aromatic hydroxyl groups is 1. The molecule has 1 saturated carbocycles. The summed E-state index contributed by atoms with van der Waals surface area (Å²) in [5.74, 6) is -9.13. The first-order valence-electron chi connectivity index (χ1n) is 12.7. The van der Waals surface area contributed by atoms with Crippen LogP contribution in [-0.4, -0.2) is 79.7 Å². The van der Waals surface area contributed by atoms with E-state index in [1.165, 1.54) is 19.0 Å². The van der Waals surface area contributed by atoms with Crippen LogP contribution < -0.4 is 5.73 Å². The van der Waals surface area contributed by atoms with Gasteiger partial charge in [0.2, 0.25) is 5.78 Å². The van der Waals surface area contributed by atoms with Crippen molar-refractivity contribution in [2.45, 2.75) is 30.6 Å². The quantitative estimate of drug-likeness (QED) is 0.312. The monoisotopic (exact) mass is 546 g/mol. The largest absolute Gasteiger partial charge is 0.508 e. The fourth-order valence-electron chi connectivity index (χ4n) is 6.65. The number of benzene rings is 2. The van der Waals surface area contributed by atoms with Crippen molar-refractivity contribution in [2.24, 2.45) is 17.6 Å². The normalized spacial score (nSPS) is 29.7. The number of carbonyl (C=O) groups is 3. The molecule has 5 rings (SSSR count). The number of phenolic OH excluding ortho intramolecular Hbond substituents is 1. The third-order valence-corrected chi connectivity index (χ3v) is 8.59. The summed E-state index contributed by atoms with van der Waals surface area (Å²) in [6.45, 7) is 5.41. The summed E-state index contributed by atoms with van der Waals surface area (Å²) in [6.07, 6.45) is 0.0314. The summed E-state index contributed by atoms with van der Waals surface area (Å²) in [5.41, 5.74) is 3.25. The Morgan fingerprint density at radius 2 is 1.70 bits per heavy atom. The Balaban J connectivity index is 1.76. The first-order chi connectivity index (χ1) is 18.8. The molecule has 2 aromatic rings. The molecule has 0 unspecified atom stereocenters. The number of aliphatic hydroxyl groups excluding tert-OH is 3. The Kier molecular flexibility index (Phi) is 6.25. The molecule has 2 aromatic carbocycles. The number of amides is 1. The van der Waals surface area contributed by atoms with Crippen molar-refractivity contribution >= 4 is 29.3 Å².